The van der Waals surface area contributed by atoms with Crippen LogP contribution in [0.5, 0.6) is 0 Å². The van der Waals surface area contributed by atoms with Crippen LogP contribution in [-0.4, -0.2) is 57.9 Å². The Morgan fingerprint density at radius 1 is 1.20 bits per heavy atom. The number of nitrogen functional groups attached to an aromatic ring is 1. The van der Waals surface area contributed by atoms with Crippen molar-refractivity contribution in [2.45, 2.75) is 18.9 Å². The highest BCUT2D eigenvalue weighted by Gasteiger charge is 2.24. The Bertz CT molecular complexity index is 1150. The second-order valence-corrected chi connectivity index (χ2v) is 8.79. The Kier molecular flexibility index (Phi) is 6.29. The lowest BCUT2D eigenvalue weighted by Crippen LogP contribution is -2.41. The van der Waals surface area contributed by atoms with Crippen molar-refractivity contribution in [1.82, 2.24) is 18.9 Å². The van der Waals surface area contributed by atoms with Crippen LogP contribution in [0.1, 0.15) is 12.8 Å². The first-order valence-corrected chi connectivity index (χ1v) is 10.8. The molecule has 0 spiro atoms. The predicted octanol–water partition coefficient (Wildman–Crippen LogP) is 1.80. The third-order valence-corrected chi connectivity index (χ3v) is 5.80. The normalized spacial score (nSPS) is 17.6. The summed E-state index contributed by atoms with van der Waals surface area (Å²) in [5.41, 5.74) is 4.98. The number of piperidine rings is 1. The van der Waals surface area contributed by atoms with E-state index < -0.39 is 33.6 Å². The van der Waals surface area contributed by atoms with Gasteiger partial charge in [-0.15, -0.1) is 5.10 Å². The number of aliphatic hydroxyl groups excluding tert-OH is 1. The standard InChI is InChI=1S/C12H7F3N4.C6H13NO3S/c13-6-2-1-3-7(14)11(6)9-4-8(15)10-5-17-12(16)18-19(9)10;1-11(9,10)7-4-2-3-6(8)5-7/h1-5H,(H2,16,18);6,8H,2-5H2,1H3. The number of nitrogens with two attached hydrogens (primary N) is 1. The number of hydrogen-bond donors (Lipinski definition) is 2. The Morgan fingerprint density at radius 3 is 2.43 bits per heavy atom. The molecule has 3 aromatic rings. The van der Waals surface area contributed by atoms with Crippen LogP contribution in [0, 0.1) is 17.5 Å². The van der Waals surface area contributed by atoms with E-state index in [1.165, 1.54) is 16.6 Å². The van der Waals surface area contributed by atoms with Gasteiger partial charge in [0.1, 0.15) is 17.2 Å². The summed E-state index contributed by atoms with van der Waals surface area (Å²) < 4.78 is 65.4. The summed E-state index contributed by atoms with van der Waals surface area (Å²) in [6.07, 6.45) is 3.32. The molecular formula is C18H20F3N5O3S. The fourth-order valence-corrected chi connectivity index (χ4v) is 4.01. The maximum atomic E-state index is 13.7. The van der Waals surface area contributed by atoms with Gasteiger partial charge in [-0.1, -0.05) is 6.07 Å². The average molecular weight is 443 g/mol. The number of fused-ring (bicyclic) bond motifs is 1. The largest absolute Gasteiger partial charge is 0.392 e. The van der Waals surface area contributed by atoms with Crippen LogP contribution in [0.3, 0.4) is 0 Å². The Balaban J connectivity index is 0.000000199. The zero-order chi connectivity index (χ0) is 22.1. The zero-order valence-electron chi connectivity index (χ0n) is 16.0. The molecule has 1 aliphatic heterocycles. The second-order valence-electron chi connectivity index (χ2n) is 6.80. The molecule has 1 fully saturated rings. The van der Waals surface area contributed by atoms with E-state index in [0.29, 0.717) is 13.0 Å². The van der Waals surface area contributed by atoms with E-state index in [-0.39, 0.29) is 29.3 Å². The maximum Gasteiger partial charge on any atom is 0.238 e. The number of sulfonamides is 1. The molecule has 3 N–H and O–H groups in total. The summed E-state index contributed by atoms with van der Waals surface area (Å²) in [7, 11) is -3.09. The van der Waals surface area contributed by atoms with Gasteiger partial charge >= 0.3 is 0 Å². The minimum atomic E-state index is -3.09. The number of halogens is 3. The van der Waals surface area contributed by atoms with Gasteiger partial charge in [0.2, 0.25) is 16.0 Å². The second kappa shape index (κ2) is 8.58. The molecule has 1 saturated heterocycles. The molecule has 0 aliphatic carbocycles. The zero-order valence-corrected chi connectivity index (χ0v) is 16.8. The van der Waals surface area contributed by atoms with Crippen LogP contribution in [0.25, 0.3) is 16.8 Å². The Hall–Kier alpha value is -2.70. The fraction of sp³-hybridized carbons (Fsp3) is 0.333. The number of anilines is 1. The van der Waals surface area contributed by atoms with Crippen LogP contribution in [0.15, 0.2) is 30.5 Å². The van der Waals surface area contributed by atoms with Crippen molar-refractivity contribution in [1.29, 1.82) is 0 Å². The maximum absolute atomic E-state index is 13.7. The summed E-state index contributed by atoms with van der Waals surface area (Å²) in [6.45, 7) is 0.814. The van der Waals surface area contributed by atoms with Crippen molar-refractivity contribution < 1.29 is 26.7 Å². The summed E-state index contributed by atoms with van der Waals surface area (Å²) in [5, 5.41) is 12.9. The molecule has 1 aromatic carbocycles. The molecule has 0 saturated carbocycles. The van der Waals surface area contributed by atoms with Crippen LogP contribution >= 0.6 is 0 Å². The fourth-order valence-electron chi connectivity index (χ4n) is 3.11. The molecule has 1 aliphatic rings. The molecule has 0 radical (unpaired) electrons. The van der Waals surface area contributed by atoms with Gasteiger partial charge < -0.3 is 10.8 Å². The van der Waals surface area contributed by atoms with E-state index in [9.17, 15) is 21.6 Å². The van der Waals surface area contributed by atoms with Crippen LogP contribution in [-0.2, 0) is 10.0 Å². The lowest BCUT2D eigenvalue weighted by atomic mass is 10.1. The highest BCUT2D eigenvalue weighted by atomic mass is 32.2. The monoisotopic (exact) mass is 443 g/mol. The lowest BCUT2D eigenvalue weighted by Gasteiger charge is -2.27. The van der Waals surface area contributed by atoms with Crippen LogP contribution in [0.2, 0.25) is 0 Å². The molecule has 12 heteroatoms. The molecule has 0 bridgehead atoms. The first-order chi connectivity index (χ1) is 14.1. The number of rotatable bonds is 2. The van der Waals surface area contributed by atoms with E-state index in [0.717, 1.165) is 35.3 Å². The molecule has 1 atom stereocenters. The van der Waals surface area contributed by atoms with E-state index in [2.05, 4.69) is 10.1 Å². The smallest absolute Gasteiger partial charge is 0.238 e. The summed E-state index contributed by atoms with van der Waals surface area (Å²) >= 11 is 0. The first-order valence-electron chi connectivity index (χ1n) is 8.95. The molecule has 0 amide bonds. The van der Waals surface area contributed by atoms with Crippen molar-refractivity contribution >= 4 is 21.5 Å². The van der Waals surface area contributed by atoms with Crippen LogP contribution < -0.4 is 5.73 Å². The number of nitrogens with zero attached hydrogens (tertiary/aromatic N) is 4. The molecule has 2 aromatic heterocycles. The lowest BCUT2D eigenvalue weighted by molar-refractivity contribution is 0.108. The van der Waals surface area contributed by atoms with Crippen molar-refractivity contribution in [2.24, 2.45) is 0 Å². The number of aromatic nitrogens is 3. The molecule has 30 heavy (non-hydrogen) atoms. The quantitative estimate of drug-likeness (QED) is 0.624. The van der Waals surface area contributed by atoms with Gasteiger partial charge in [-0.25, -0.2) is 31.1 Å². The number of aliphatic hydroxyl groups is 1. The molecule has 3 heterocycles. The first kappa shape index (κ1) is 22.0. The Morgan fingerprint density at radius 2 is 1.87 bits per heavy atom. The third-order valence-electron chi connectivity index (χ3n) is 4.53. The van der Waals surface area contributed by atoms with Gasteiger partial charge in [0.15, 0.2) is 5.82 Å². The van der Waals surface area contributed by atoms with Crippen molar-refractivity contribution in [3.63, 3.8) is 0 Å². The number of benzene rings is 1. The van der Waals surface area contributed by atoms with E-state index in [4.69, 9.17) is 10.8 Å². The van der Waals surface area contributed by atoms with Gasteiger partial charge in [0.05, 0.1) is 29.8 Å². The number of β-amino-alcohol motifs (C(OH)–C–C–N with tert-alkyl or cyclic N) is 1. The van der Waals surface area contributed by atoms with E-state index in [1.807, 2.05) is 0 Å². The van der Waals surface area contributed by atoms with Gasteiger partial charge in [0, 0.05) is 19.2 Å². The minimum absolute atomic E-state index is 0.00754. The molecule has 4 rings (SSSR count). The molecular weight excluding hydrogens is 423 g/mol. The van der Waals surface area contributed by atoms with Gasteiger partial charge in [0.25, 0.3) is 0 Å². The molecule has 1 unspecified atom stereocenters. The third kappa shape index (κ3) is 4.71. The van der Waals surface area contributed by atoms with Gasteiger partial charge in [-0.3, -0.25) is 0 Å². The topological polar surface area (TPSA) is 114 Å². The highest BCUT2D eigenvalue weighted by Crippen LogP contribution is 2.29. The van der Waals surface area contributed by atoms with Crippen molar-refractivity contribution in [3.05, 3.63) is 47.9 Å². The molecule has 162 valence electrons. The van der Waals surface area contributed by atoms with Gasteiger partial charge in [-0.05, 0) is 25.0 Å². The average Bonchev–Trinajstić information content (AvgIpc) is 2.97. The molecule has 8 nitrogen and oxygen atoms in total. The van der Waals surface area contributed by atoms with Crippen molar-refractivity contribution in [3.8, 4) is 11.3 Å². The summed E-state index contributed by atoms with van der Waals surface area (Å²) in [6, 6.07) is 4.38. The highest BCUT2D eigenvalue weighted by molar-refractivity contribution is 7.88. The van der Waals surface area contributed by atoms with Gasteiger partial charge in [-0.2, -0.15) is 4.31 Å². The SMILES string of the molecule is CS(=O)(=O)N1CCCC(O)C1.Nc1ncc2c(F)cc(-c3c(F)cccc3F)n2n1. The predicted molar refractivity (Wildman–Crippen MR) is 104 cm³/mol. The number of hydrogen-bond acceptors (Lipinski definition) is 6. The van der Waals surface area contributed by atoms with E-state index in [1.54, 1.807) is 0 Å². The van der Waals surface area contributed by atoms with Crippen LogP contribution in [0.4, 0.5) is 19.1 Å². The summed E-state index contributed by atoms with van der Waals surface area (Å²) in [4.78, 5) is 3.64. The minimum Gasteiger partial charge on any atom is -0.392 e. The van der Waals surface area contributed by atoms with Crippen molar-refractivity contribution in [2.75, 3.05) is 25.1 Å². The summed E-state index contributed by atoms with van der Waals surface area (Å²) in [5.74, 6) is -2.42. The van der Waals surface area contributed by atoms with E-state index >= 15 is 0 Å². The Labute approximate surface area is 170 Å².